The third-order valence-electron chi connectivity index (χ3n) is 17.3. The lowest BCUT2D eigenvalue weighted by Gasteiger charge is -2.28. The van der Waals surface area contributed by atoms with Gasteiger partial charge >= 0.3 is 0 Å². The van der Waals surface area contributed by atoms with E-state index in [4.69, 9.17) is 0 Å². The van der Waals surface area contributed by atoms with Crippen LogP contribution >= 0.6 is 0 Å². The van der Waals surface area contributed by atoms with Crippen molar-refractivity contribution in [2.24, 2.45) is 0 Å². The minimum absolute atomic E-state index is 0.106. The highest BCUT2D eigenvalue weighted by Crippen LogP contribution is 2.51. The molecule has 2 nitrogen and oxygen atoms in total. The fourth-order valence-electron chi connectivity index (χ4n) is 13.1. The Morgan fingerprint density at radius 1 is 0.354 bits per heavy atom. The minimum atomic E-state index is -0.106. The van der Waals surface area contributed by atoms with E-state index < -0.39 is 0 Å². The van der Waals surface area contributed by atoms with Gasteiger partial charge in [-0.05, 0) is 154 Å². The monoisotopic (exact) mass is 1030 g/mol. The molecular weight excluding hydrogens is 953 g/mol. The summed E-state index contributed by atoms with van der Waals surface area (Å²) < 4.78 is 2.50. The molecule has 0 bridgehead atoms. The third kappa shape index (κ3) is 12.0. The van der Waals surface area contributed by atoms with Crippen molar-refractivity contribution in [2.75, 3.05) is 4.90 Å². The maximum atomic E-state index is 2.50. The summed E-state index contributed by atoms with van der Waals surface area (Å²) in [7, 11) is 0. The van der Waals surface area contributed by atoms with Crippen molar-refractivity contribution >= 4 is 38.9 Å². The first-order valence-corrected chi connectivity index (χ1v) is 30.3. The van der Waals surface area contributed by atoms with Crippen LogP contribution in [-0.2, 0) is 11.8 Å². The molecule has 400 valence electrons. The van der Waals surface area contributed by atoms with Gasteiger partial charge < -0.3 is 9.47 Å². The Bertz CT molecular complexity index is 3650. The molecule has 79 heavy (non-hydrogen) atoms. The lowest BCUT2D eigenvalue weighted by Crippen LogP contribution is -2.16. The van der Waals surface area contributed by atoms with E-state index in [2.05, 4.69) is 244 Å². The van der Waals surface area contributed by atoms with Gasteiger partial charge in [0.1, 0.15) is 0 Å². The fourth-order valence-corrected chi connectivity index (χ4v) is 13.1. The van der Waals surface area contributed by atoms with Crippen LogP contribution in [0.4, 0.5) is 17.1 Å². The van der Waals surface area contributed by atoms with Gasteiger partial charge in [-0.25, -0.2) is 0 Å². The summed E-state index contributed by atoms with van der Waals surface area (Å²) in [4.78, 5) is 2.42. The summed E-state index contributed by atoms with van der Waals surface area (Å²) in [5.74, 6) is 0. The van der Waals surface area contributed by atoms with Gasteiger partial charge in [0.15, 0.2) is 0 Å². The SMILES string of the molecule is CCCCCCCCCCCCCCCCCCc1cc(C)cc(-c2cc(C)cc(-n3c4ccccc4c4ccc(-c5ccc(N(c6ccc(-c7ccccc7)cc6)c6ccc7c(c6)C(C)(C)c6ccccc6-7)cc5)cc43)c2)c1. The molecule has 0 fully saturated rings. The number of anilines is 3. The van der Waals surface area contributed by atoms with Crippen LogP contribution in [-0.4, -0.2) is 4.57 Å². The summed E-state index contributed by atoms with van der Waals surface area (Å²) in [6, 6.07) is 75.3. The Balaban J connectivity index is 0.824. The molecule has 0 N–H and O–H groups in total. The van der Waals surface area contributed by atoms with Crippen LogP contribution in [0.3, 0.4) is 0 Å². The van der Waals surface area contributed by atoms with Gasteiger partial charge in [-0.2, -0.15) is 0 Å². The standard InChI is InChI=1S/C77H82N2/c1-6-7-8-9-10-11-12-13-14-15-16-17-18-19-20-22-29-58-48-56(2)49-63(52-58)64-50-57(3)51-68(53-64)79-75-35-28-26-33-71(75)72-46-40-62(54-76(72)79)61-38-43-66(44-39-61)78(65-41-36-60(37-42-65)59-30-23-21-24-31-59)67-45-47-70-69-32-25-27-34-73(69)77(4,5)74(70)55-67/h21,23-28,30-55H,6-20,22,29H2,1-5H3. The average Bonchev–Trinajstić information content (AvgIpc) is 4.17. The zero-order chi connectivity index (χ0) is 54.1. The summed E-state index contributed by atoms with van der Waals surface area (Å²) >= 11 is 0. The van der Waals surface area contributed by atoms with Crippen LogP contribution in [0, 0.1) is 13.8 Å². The van der Waals surface area contributed by atoms with Crippen molar-refractivity contribution < 1.29 is 0 Å². The number of hydrogen-bond acceptors (Lipinski definition) is 1. The van der Waals surface area contributed by atoms with Crippen LogP contribution < -0.4 is 4.90 Å². The summed E-state index contributed by atoms with van der Waals surface area (Å²) in [5, 5.41) is 2.54. The molecule has 2 heteroatoms. The molecule has 0 spiro atoms. The Hall–Kier alpha value is -7.42. The van der Waals surface area contributed by atoms with Gasteiger partial charge in [-0.15, -0.1) is 0 Å². The molecule has 0 saturated heterocycles. The molecule has 0 aliphatic heterocycles. The number of aryl methyl sites for hydroxylation is 3. The van der Waals surface area contributed by atoms with E-state index in [1.165, 1.54) is 203 Å². The lowest BCUT2D eigenvalue weighted by atomic mass is 9.82. The summed E-state index contributed by atoms with van der Waals surface area (Å²) in [5.41, 5.74) is 23.8. The van der Waals surface area contributed by atoms with Gasteiger partial charge in [0.25, 0.3) is 0 Å². The van der Waals surface area contributed by atoms with Crippen molar-refractivity contribution in [3.05, 3.63) is 228 Å². The van der Waals surface area contributed by atoms with E-state index in [0.717, 1.165) is 23.5 Å². The lowest BCUT2D eigenvalue weighted by molar-refractivity contribution is 0.529. The van der Waals surface area contributed by atoms with Crippen molar-refractivity contribution in [1.29, 1.82) is 0 Å². The van der Waals surface area contributed by atoms with Gasteiger partial charge in [-0.1, -0.05) is 262 Å². The highest BCUT2D eigenvalue weighted by molar-refractivity contribution is 6.10. The highest BCUT2D eigenvalue weighted by atomic mass is 15.1. The molecule has 1 aromatic heterocycles. The Kier molecular flexibility index (Phi) is 16.8. The number of hydrogen-bond donors (Lipinski definition) is 0. The first kappa shape index (κ1) is 53.6. The Morgan fingerprint density at radius 3 is 1.53 bits per heavy atom. The number of rotatable bonds is 24. The highest BCUT2D eigenvalue weighted by Gasteiger charge is 2.35. The quantitative estimate of drug-likeness (QED) is 0.0548. The number of nitrogens with zero attached hydrogens (tertiary/aromatic N) is 2. The van der Waals surface area contributed by atoms with Crippen LogP contribution in [0.2, 0.25) is 0 Å². The molecule has 0 amide bonds. The van der Waals surface area contributed by atoms with Gasteiger partial charge in [0.05, 0.1) is 11.0 Å². The van der Waals surface area contributed by atoms with Gasteiger partial charge in [-0.3, -0.25) is 0 Å². The zero-order valence-corrected chi connectivity index (χ0v) is 48.0. The van der Waals surface area contributed by atoms with Crippen molar-refractivity contribution in [3.63, 3.8) is 0 Å². The summed E-state index contributed by atoms with van der Waals surface area (Å²) in [6.07, 6.45) is 23.5. The van der Waals surface area contributed by atoms with Crippen LogP contribution in [0.5, 0.6) is 0 Å². The van der Waals surface area contributed by atoms with E-state index in [1.807, 2.05) is 0 Å². The van der Waals surface area contributed by atoms with E-state index in [1.54, 1.807) is 0 Å². The molecule has 9 aromatic carbocycles. The molecule has 0 unspecified atom stereocenters. The van der Waals surface area contributed by atoms with Gasteiger partial charge in [0, 0.05) is 38.9 Å². The molecule has 10 aromatic rings. The maximum Gasteiger partial charge on any atom is 0.0547 e. The van der Waals surface area contributed by atoms with E-state index in [9.17, 15) is 0 Å². The molecule has 0 radical (unpaired) electrons. The van der Waals surface area contributed by atoms with Gasteiger partial charge in [0.2, 0.25) is 0 Å². The number of fused-ring (bicyclic) bond motifs is 6. The molecular formula is C77H82N2. The second kappa shape index (κ2) is 24.7. The first-order chi connectivity index (χ1) is 38.7. The number of unbranched alkanes of at least 4 members (excludes halogenated alkanes) is 15. The molecule has 1 heterocycles. The number of para-hydroxylation sites is 1. The van der Waals surface area contributed by atoms with Crippen molar-refractivity contribution in [2.45, 2.75) is 149 Å². The predicted molar refractivity (Wildman–Crippen MR) is 342 cm³/mol. The summed E-state index contributed by atoms with van der Waals surface area (Å²) in [6.45, 7) is 11.6. The molecule has 1 aliphatic rings. The predicted octanol–water partition coefficient (Wildman–Crippen LogP) is 23.0. The zero-order valence-electron chi connectivity index (χ0n) is 48.0. The topological polar surface area (TPSA) is 8.17 Å². The van der Waals surface area contributed by atoms with E-state index in [0.29, 0.717) is 0 Å². The first-order valence-electron chi connectivity index (χ1n) is 30.3. The molecule has 0 saturated carbocycles. The second-order valence-electron chi connectivity index (χ2n) is 23.6. The Labute approximate surface area is 473 Å². The largest absolute Gasteiger partial charge is 0.310 e. The maximum absolute atomic E-state index is 2.50. The fraction of sp³-hybridized carbons (Fsp3) is 0.299. The number of aromatic nitrogens is 1. The van der Waals surface area contributed by atoms with Crippen molar-refractivity contribution in [3.8, 4) is 50.2 Å². The number of benzene rings is 9. The van der Waals surface area contributed by atoms with Crippen LogP contribution in [0.1, 0.15) is 151 Å². The third-order valence-corrected chi connectivity index (χ3v) is 17.3. The molecule has 11 rings (SSSR count). The van der Waals surface area contributed by atoms with E-state index in [-0.39, 0.29) is 5.41 Å². The average molecular weight is 1040 g/mol. The second-order valence-corrected chi connectivity index (χ2v) is 23.6. The van der Waals surface area contributed by atoms with E-state index >= 15 is 0 Å². The van der Waals surface area contributed by atoms with Crippen LogP contribution in [0.15, 0.2) is 200 Å². The minimum Gasteiger partial charge on any atom is -0.310 e. The smallest absolute Gasteiger partial charge is 0.0547 e. The molecule has 0 atom stereocenters. The van der Waals surface area contributed by atoms with Crippen LogP contribution in [0.25, 0.3) is 72.0 Å². The normalized spacial score (nSPS) is 12.6. The molecule has 1 aliphatic carbocycles. The Morgan fingerprint density at radius 2 is 0.861 bits per heavy atom. The van der Waals surface area contributed by atoms with Crippen molar-refractivity contribution in [1.82, 2.24) is 4.57 Å².